The van der Waals surface area contributed by atoms with Gasteiger partial charge in [-0.3, -0.25) is 9.59 Å². The van der Waals surface area contributed by atoms with Crippen LogP contribution in [0, 0.1) is 11.8 Å². The molecule has 1 atom stereocenters. The van der Waals surface area contributed by atoms with Crippen LogP contribution >= 0.6 is 0 Å². The number of carboxylic acid groups (broad SMARTS) is 1. The number of rotatable bonds is 8. The third-order valence-corrected chi connectivity index (χ3v) is 7.20. The number of carboxylic acids is 1. The van der Waals surface area contributed by atoms with Gasteiger partial charge >= 0.3 is 5.97 Å². The van der Waals surface area contributed by atoms with E-state index in [-0.39, 0.29) is 43.5 Å². The lowest BCUT2D eigenvalue weighted by Gasteiger charge is -2.28. The van der Waals surface area contributed by atoms with Crippen molar-refractivity contribution in [1.82, 2.24) is 4.31 Å². The van der Waals surface area contributed by atoms with Crippen LogP contribution in [-0.2, 0) is 30.9 Å². The van der Waals surface area contributed by atoms with Crippen molar-refractivity contribution in [2.45, 2.75) is 30.8 Å². The van der Waals surface area contributed by atoms with Gasteiger partial charge in [0.25, 0.3) is 0 Å². The number of methoxy groups -OCH3 is 1. The Morgan fingerprint density at radius 1 is 1.15 bits per heavy atom. The van der Waals surface area contributed by atoms with Crippen molar-refractivity contribution in [2.75, 3.05) is 31.8 Å². The molecule has 0 aromatic heterocycles. The SMILES string of the molecule is CC#CCOc1ccc(S(=O)(=O)N2Cc3ccccc3N(C(=O)CCOC)CC2C(=O)O)cc1. The van der Waals surface area contributed by atoms with Crippen LogP contribution < -0.4 is 9.64 Å². The first-order valence-corrected chi connectivity index (χ1v) is 12.0. The summed E-state index contributed by atoms with van der Waals surface area (Å²) in [5.74, 6) is 4.19. The summed E-state index contributed by atoms with van der Waals surface area (Å²) in [7, 11) is -2.76. The summed E-state index contributed by atoms with van der Waals surface area (Å²) in [6, 6.07) is 11.0. The predicted molar refractivity (Wildman–Crippen MR) is 125 cm³/mol. The number of carbonyl (C=O) groups is 2. The van der Waals surface area contributed by atoms with Gasteiger partial charge in [-0.2, -0.15) is 4.31 Å². The number of hydrogen-bond donors (Lipinski definition) is 1. The lowest BCUT2D eigenvalue weighted by molar-refractivity contribution is -0.141. The molecule has 1 amide bonds. The van der Waals surface area contributed by atoms with Crippen molar-refractivity contribution in [3.05, 3.63) is 54.1 Å². The van der Waals surface area contributed by atoms with E-state index in [1.807, 2.05) is 0 Å². The molecule has 0 bridgehead atoms. The minimum absolute atomic E-state index is 0.0355. The summed E-state index contributed by atoms with van der Waals surface area (Å²) in [6.07, 6.45) is 0.0355. The fourth-order valence-electron chi connectivity index (χ4n) is 3.60. The fourth-order valence-corrected chi connectivity index (χ4v) is 5.15. The molecular weight excluding hydrogens is 460 g/mol. The van der Waals surface area contributed by atoms with Crippen LogP contribution in [0.2, 0.25) is 0 Å². The molecule has 1 unspecified atom stereocenters. The highest BCUT2D eigenvalue weighted by atomic mass is 32.2. The van der Waals surface area contributed by atoms with E-state index in [0.29, 0.717) is 17.0 Å². The summed E-state index contributed by atoms with van der Waals surface area (Å²) >= 11 is 0. The van der Waals surface area contributed by atoms with Gasteiger partial charge in [0.05, 0.1) is 24.5 Å². The van der Waals surface area contributed by atoms with Crippen LogP contribution in [0.4, 0.5) is 5.69 Å². The maximum atomic E-state index is 13.6. The first kappa shape index (κ1) is 25.2. The number of nitrogens with zero attached hydrogens (tertiary/aromatic N) is 2. The largest absolute Gasteiger partial charge is 0.481 e. The molecule has 10 heteroatoms. The third kappa shape index (κ3) is 5.56. The zero-order chi connectivity index (χ0) is 24.7. The molecule has 9 nitrogen and oxygen atoms in total. The van der Waals surface area contributed by atoms with Crippen LogP contribution in [0.5, 0.6) is 5.75 Å². The quantitative estimate of drug-likeness (QED) is 0.569. The zero-order valence-corrected chi connectivity index (χ0v) is 19.7. The molecule has 1 N–H and O–H groups in total. The van der Waals surface area contributed by atoms with Crippen LogP contribution in [0.15, 0.2) is 53.4 Å². The molecule has 1 aliphatic rings. The Balaban J connectivity index is 1.99. The van der Waals surface area contributed by atoms with Crippen LogP contribution in [0.1, 0.15) is 18.9 Å². The van der Waals surface area contributed by atoms with Gasteiger partial charge in [0.2, 0.25) is 15.9 Å². The molecule has 34 heavy (non-hydrogen) atoms. The molecule has 0 radical (unpaired) electrons. The monoisotopic (exact) mass is 486 g/mol. The smallest absolute Gasteiger partial charge is 0.323 e. The molecule has 1 aliphatic heterocycles. The topological polar surface area (TPSA) is 113 Å². The van der Waals surface area contributed by atoms with Crippen molar-refractivity contribution in [2.24, 2.45) is 0 Å². The van der Waals surface area contributed by atoms with Gasteiger partial charge in [-0.15, -0.1) is 5.92 Å². The van der Waals surface area contributed by atoms with Crippen molar-refractivity contribution in [3.63, 3.8) is 0 Å². The Hall–Kier alpha value is -3.39. The van der Waals surface area contributed by atoms with Crippen molar-refractivity contribution in [1.29, 1.82) is 0 Å². The fraction of sp³-hybridized carbons (Fsp3) is 0.333. The number of carbonyl (C=O) groups excluding carboxylic acids is 1. The first-order valence-electron chi connectivity index (χ1n) is 10.5. The van der Waals surface area contributed by atoms with Crippen LogP contribution in [0.25, 0.3) is 0 Å². The molecular formula is C24H26N2O7S. The Labute approximate surface area is 198 Å². The normalized spacial score (nSPS) is 16.1. The van der Waals surface area contributed by atoms with Crippen molar-refractivity contribution < 1.29 is 32.6 Å². The number of benzene rings is 2. The Morgan fingerprint density at radius 3 is 2.50 bits per heavy atom. The number of sulfonamides is 1. The molecule has 1 heterocycles. The second kappa shape index (κ2) is 11.2. The predicted octanol–water partition coefficient (Wildman–Crippen LogP) is 2.12. The molecule has 0 fully saturated rings. The van der Waals surface area contributed by atoms with E-state index in [4.69, 9.17) is 9.47 Å². The van der Waals surface area contributed by atoms with E-state index in [1.165, 1.54) is 36.3 Å². The zero-order valence-electron chi connectivity index (χ0n) is 18.9. The van der Waals surface area contributed by atoms with E-state index < -0.39 is 22.0 Å². The Kier molecular flexibility index (Phi) is 8.28. The van der Waals surface area contributed by atoms with Gasteiger partial charge in [0, 0.05) is 19.3 Å². The van der Waals surface area contributed by atoms with E-state index in [2.05, 4.69) is 11.8 Å². The summed E-state index contributed by atoms with van der Waals surface area (Å²) < 4.78 is 38.5. The summed E-state index contributed by atoms with van der Waals surface area (Å²) in [5.41, 5.74) is 1.01. The number of amides is 1. The molecule has 0 saturated carbocycles. The van der Waals surface area contributed by atoms with Gasteiger partial charge < -0.3 is 19.5 Å². The lowest BCUT2D eigenvalue weighted by atomic mass is 10.1. The van der Waals surface area contributed by atoms with Gasteiger partial charge in [0.15, 0.2) is 0 Å². The maximum absolute atomic E-state index is 13.6. The molecule has 0 saturated heterocycles. The van der Waals surface area contributed by atoms with Gasteiger partial charge in [-0.05, 0) is 42.8 Å². The number of aliphatic carboxylic acids is 1. The van der Waals surface area contributed by atoms with E-state index in [9.17, 15) is 23.1 Å². The molecule has 2 aromatic carbocycles. The van der Waals surface area contributed by atoms with Crippen LogP contribution in [-0.4, -0.2) is 62.6 Å². The van der Waals surface area contributed by atoms with Crippen molar-refractivity contribution in [3.8, 4) is 17.6 Å². The molecule has 2 aromatic rings. The number of fused-ring (bicyclic) bond motifs is 1. The van der Waals surface area contributed by atoms with E-state index in [1.54, 1.807) is 31.2 Å². The molecule has 3 rings (SSSR count). The minimum Gasteiger partial charge on any atom is -0.481 e. The number of ether oxygens (including phenoxy) is 2. The molecule has 180 valence electrons. The summed E-state index contributed by atoms with van der Waals surface area (Å²) in [6.45, 7) is 1.48. The van der Waals surface area contributed by atoms with Gasteiger partial charge in [-0.25, -0.2) is 8.42 Å². The second-order valence-corrected chi connectivity index (χ2v) is 9.36. The molecule has 0 aliphatic carbocycles. The lowest BCUT2D eigenvalue weighted by Crippen LogP contribution is -2.50. The standard InChI is InChI=1S/C24H26N2O7S/c1-3-4-14-33-19-9-11-20(12-10-19)34(30,31)26-16-18-7-5-6-8-21(18)25(17-22(26)24(28)29)23(27)13-15-32-2/h5-12,22H,13-17H2,1-2H3,(H,28,29). The highest BCUT2D eigenvalue weighted by Gasteiger charge is 2.41. The van der Waals surface area contributed by atoms with Gasteiger partial charge in [0.1, 0.15) is 18.4 Å². The number of anilines is 1. The average Bonchev–Trinajstić information content (AvgIpc) is 3.01. The van der Waals surface area contributed by atoms with Gasteiger partial charge in [-0.1, -0.05) is 24.1 Å². The third-order valence-electron chi connectivity index (χ3n) is 5.34. The summed E-state index contributed by atoms with van der Waals surface area (Å²) in [5, 5.41) is 9.96. The minimum atomic E-state index is -4.22. The number of hydrogen-bond acceptors (Lipinski definition) is 6. The summed E-state index contributed by atoms with van der Waals surface area (Å²) in [4.78, 5) is 26.4. The Morgan fingerprint density at radius 2 is 1.85 bits per heavy atom. The highest BCUT2D eigenvalue weighted by Crippen LogP contribution is 2.32. The van der Waals surface area contributed by atoms with E-state index >= 15 is 0 Å². The van der Waals surface area contributed by atoms with E-state index in [0.717, 1.165) is 4.31 Å². The maximum Gasteiger partial charge on any atom is 0.323 e. The second-order valence-electron chi connectivity index (χ2n) is 7.47. The average molecular weight is 487 g/mol. The first-order chi connectivity index (χ1) is 16.3. The Bertz CT molecular complexity index is 1200. The van der Waals surface area contributed by atoms with Crippen molar-refractivity contribution >= 4 is 27.6 Å². The highest BCUT2D eigenvalue weighted by molar-refractivity contribution is 7.89. The van der Waals surface area contributed by atoms with Crippen LogP contribution in [0.3, 0.4) is 0 Å². The molecule has 0 spiro atoms. The number of para-hydroxylation sites is 1.